The van der Waals surface area contributed by atoms with Crippen molar-refractivity contribution in [1.29, 1.82) is 5.26 Å². The van der Waals surface area contributed by atoms with Crippen LogP contribution in [0.3, 0.4) is 0 Å². The fraction of sp³-hybridized carbons (Fsp3) is 0.417. The average Bonchev–Trinajstić information content (AvgIpc) is 2.34. The molecule has 0 radical (unpaired) electrons. The lowest BCUT2D eigenvalue weighted by Crippen LogP contribution is -2.08. The van der Waals surface area contributed by atoms with Crippen LogP contribution >= 0.6 is 0 Å². The smallest absolute Gasteiger partial charge is 0.273 e. The lowest BCUT2D eigenvalue weighted by molar-refractivity contribution is -0.385. The van der Waals surface area contributed by atoms with Crippen molar-refractivity contribution in [3.63, 3.8) is 0 Å². The third kappa shape index (κ3) is 3.18. The second-order valence-corrected chi connectivity index (χ2v) is 3.50. The summed E-state index contributed by atoms with van der Waals surface area (Å²) in [6, 6.07) is 4.71. The summed E-state index contributed by atoms with van der Waals surface area (Å²) in [5.74, 6) is 0.348. The van der Waals surface area contributed by atoms with Crippen molar-refractivity contribution in [3.05, 3.63) is 33.4 Å². The van der Waals surface area contributed by atoms with E-state index in [2.05, 4.69) is 0 Å². The van der Waals surface area contributed by atoms with Crippen LogP contribution in [0.15, 0.2) is 12.1 Å². The largest absolute Gasteiger partial charge is 0.490 e. The van der Waals surface area contributed by atoms with Crippen molar-refractivity contribution < 1.29 is 14.4 Å². The summed E-state index contributed by atoms with van der Waals surface area (Å²) in [4.78, 5) is 10.2. The van der Waals surface area contributed by atoms with Gasteiger partial charge in [-0.2, -0.15) is 5.26 Å². The van der Waals surface area contributed by atoms with E-state index in [9.17, 15) is 10.1 Å². The Hall–Kier alpha value is -2.13. The van der Waals surface area contributed by atoms with Gasteiger partial charge in [0.2, 0.25) is 0 Å². The average molecular weight is 250 g/mol. The number of nitro groups is 1. The van der Waals surface area contributed by atoms with E-state index in [0.29, 0.717) is 31.1 Å². The van der Waals surface area contributed by atoms with E-state index in [1.54, 1.807) is 0 Å². The quantitative estimate of drug-likeness (QED) is 0.439. The van der Waals surface area contributed by atoms with Gasteiger partial charge in [0, 0.05) is 18.2 Å². The molecule has 1 rings (SSSR count). The number of hydrogen-bond acceptors (Lipinski definition) is 5. The Morgan fingerprint density at radius 3 is 2.72 bits per heavy atom. The lowest BCUT2D eigenvalue weighted by atomic mass is 10.1. The molecule has 6 heteroatoms. The summed E-state index contributed by atoms with van der Waals surface area (Å²) in [5.41, 5.74) is 0.431. The number of ether oxygens (including phenoxy) is 2. The van der Waals surface area contributed by atoms with Crippen LogP contribution in [0.4, 0.5) is 5.69 Å². The molecule has 0 N–H and O–H groups in total. The number of benzene rings is 1. The minimum atomic E-state index is -0.514. The van der Waals surface area contributed by atoms with Crippen LogP contribution in [-0.2, 0) is 4.74 Å². The maximum atomic E-state index is 10.7. The van der Waals surface area contributed by atoms with E-state index in [1.807, 2.05) is 13.0 Å². The monoisotopic (exact) mass is 250 g/mol. The first kappa shape index (κ1) is 13.9. The molecule has 96 valence electrons. The molecule has 0 atom stereocenters. The van der Waals surface area contributed by atoms with Crippen molar-refractivity contribution >= 4 is 5.69 Å². The fourth-order valence-corrected chi connectivity index (χ4v) is 1.49. The number of rotatable bonds is 6. The molecule has 0 amide bonds. The molecular weight excluding hydrogens is 236 g/mol. The highest BCUT2D eigenvalue weighted by Gasteiger charge is 2.17. The summed E-state index contributed by atoms with van der Waals surface area (Å²) in [6.45, 7) is 4.72. The summed E-state index contributed by atoms with van der Waals surface area (Å²) in [7, 11) is 0. The third-order valence-corrected chi connectivity index (χ3v) is 2.40. The van der Waals surface area contributed by atoms with Crippen LogP contribution in [-0.4, -0.2) is 24.7 Å². The number of nitrogens with zero attached hydrogens (tertiary/aromatic N) is 2. The zero-order valence-electron chi connectivity index (χ0n) is 10.3. The van der Waals surface area contributed by atoms with Gasteiger partial charge in [0.1, 0.15) is 24.0 Å². The van der Waals surface area contributed by atoms with Gasteiger partial charge in [-0.15, -0.1) is 0 Å². The number of nitriles is 1. The molecule has 0 spiro atoms. The van der Waals surface area contributed by atoms with Crippen LogP contribution in [0.25, 0.3) is 0 Å². The van der Waals surface area contributed by atoms with Crippen LogP contribution in [0.5, 0.6) is 5.75 Å². The third-order valence-electron chi connectivity index (χ3n) is 2.40. The molecule has 0 aliphatic rings. The molecule has 18 heavy (non-hydrogen) atoms. The first-order valence-corrected chi connectivity index (χ1v) is 5.50. The Morgan fingerprint density at radius 2 is 2.17 bits per heavy atom. The molecule has 0 bridgehead atoms. The molecule has 0 aliphatic heterocycles. The molecule has 0 aliphatic carbocycles. The SMILES string of the molecule is CCOCCOc1ccc([N+](=O)[O-])c(C)c1C#N. The maximum absolute atomic E-state index is 10.7. The predicted octanol–water partition coefficient (Wildman–Crippen LogP) is 2.19. The molecule has 0 fully saturated rings. The minimum absolute atomic E-state index is 0.0799. The van der Waals surface area contributed by atoms with Crippen molar-refractivity contribution in [2.24, 2.45) is 0 Å². The normalized spacial score (nSPS) is 9.83. The maximum Gasteiger partial charge on any atom is 0.273 e. The first-order valence-electron chi connectivity index (χ1n) is 5.50. The molecular formula is C12H14N2O4. The second-order valence-electron chi connectivity index (χ2n) is 3.50. The lowest BCUT2D eigenvalue weighted by Gasteiger charge is -2.09. The summed E-state index contributed by atoms with van der Waals surface area (Å²) >= 11 is 0. The van der Waals surface area contributed by atoms with E-state index >= 15 is 0 Å². The van der Waals surface area contributed by atoms with E-state index < -0.39 is 4.92 Å². The van der Waals surface area contributed by atoms with Crippen molar-refractivity contribution in [1.82, 2.24) is 0 Å². The highest BCUT2D eigenvalue weighted by molar-refractivity contribution is 5.57. The first-order chi connectivity index (χ1) is 8.61. The van der Waals surface area contributed by atoms with E-state index in [1.165, 1.54) is 19.1 Å². The van der Waals surface area contributed by atoms with Crippen LogP contribution in [0.1, 0.15) is 18.1 Å². The van der Waals surface area contributed by atoms with Gasteiger partial charge in [-0.25, -0.2) is 0 Å². The van der Waals surface area contributed by atoms with E-state index in [-0.39, 0.29) is 11.3 Å². The van der Waals surface area contributed by atoms with Crippen molar-refractivity contribution in [2.75, 3.05) is 19.8 Å². The summed E-state index contributed by atoms with van der Waals surface area (Å²) in [6.07, 6.45) is 0. The van der Waals surface area contributed by atoms with E-state index in [0.717, 1.165) is 0 Å². The Morgan fingerprint density at radius 1 is 1.44 bits per heavy atom. The molecule has 1 aromatic rings. The van der Waals surface area contributed by atoms with Crippen molar-refractivity contribution in [3.8, 4) is 11.8 Å². The topological polar surface area (TPSA) is 85.4 Å². The van der Waals surface area contributed by atoms with Gasteiger partial charge in [0.15, 0.2) is 0 Å². The fourth-order valence-electron chi connectivity index (χ4n) is 1.49. The zero-order chi connectivity index (χ0) is 13.5. The summed E-state index contributed by atoms with van der Waals surface area (Å²) in [5, 5.41) is 19.8. The van der Waals surface area contributed by atoms with Gasteiger partial charge in [-0.3, -0.25) is 10.1 Å². The molecule has 6 nitrogen and oxygen atoms in total. The predicted molar refractivity (Wildman–Crippen MR) is 64.5 cm³/mol. The highest BCUT2D eigenvalue weighted by Crippen LogP contribution is 2.28. The molecule has 0 unspecified atom stereocenters. The number of hydrogen-bond donors (Lipinski definition) is 0. The van der Waals surface area contributed by atoms with Gasteiger partial charge in [-0.05, 0) is 19.9 Å². The highest BCUT2D eigenvalue weighted by atomic mass is 16.6. The van der Waals surface area contributed by atoms with Gasteiger partial charge in [0.25, 0.3) is 5.69 Å². The Kier molecular flexibility index (Phi) is 5.08. The standard InChI is InChI=1S/C12H14N2O4/c1-3-17-6-7-18-12-5-4-11(14(15)16)9(2)10(12)8-13/h4-5H,3,6-7H2,1-2H3. The Bertz CT molecular complexity index is 480. The Balaban J connectivity index is 2.90. The molecule has 1 aromatic carbocycles. The second kappa shape index (κ2) is 6.57. The molecule has 0 heterocycles. The number of nitro benzene ring substituents is 1. The van der Waals surface area contributed by atoms with Crippen LogP contribution in [0.2, 0.25) is 0 Å². The van der Waals surface area contributed by atoms with Crippen LogP contribution < -0.4 is 4.74 Å². The summed E-state index contributed by atoms with van der Waals surface area (Å²) < 4.78 is 10.5. The minimum Gasteiger partial charge on any atom is -0.490 e. The zero-order valence-corrected chi connectivity index (χ0v) is 10.3. The van der Waals surface area contributed by atoms with E-state index in [4.69, 9.17) is 14.7 Å². The van der Waals surface area contributed by atoms with Gasteiger partial charge < -0.3 is 9.47 Å². The van der Waals surface area contributed by atoms with Gasteiger partial charge in [-0.1, -0.05) is 0 Å². The van der Waals surface area contributed by atoms with Crippen LogP contribution in [0, 0.1) is 28.4 Å². The molecule has 0 saturated carbocycles. The van der Waals surface area contributed by atoms with Gasteiger partial charge in [0.05, 0.1) is 11.5 Å². The molecule has 0 saturated heterocycles. The van der Waals surface area contributed by atoms with Gasteiger partial charge >= 0.3 is 0 Å². The Labute approximate surface area is 105 Å². The molecule has 0 aromatic heterocycles. The van der Waals surface area contributed by atoms with Crippen molar-refractivity contribution in [2.45, 2.75) is 13.8 Å².